The highest BCUT2D eigenvalue weighted by Gasteiger charge is 2.07. The highest BCUT2D eigenvalue weighted by molar-refractivity contribution is 5.45. The Bertz CT molecular complexity index is 1020. The molecule has 9 heteroatoms. The molecule has 3 N–H and O–H groups in total. The van der Waals surface area contributed by atoms with E-state index in [-0.39, 0.29) is 0 Å². The number of nitrogen functional groups attached to an aromatic ring is 1. The van der Waals surface area contributed by atoms with Gasteiger partial charge in [0.05, 0.1) is 12.2 Å². The van der Waals surface area contributed by atoms with Crippen LogP contribution in [0, 0.1) is 6.92 Å². The molecule has 1 aromatic carbocycles. The maximum atomic E-state index is 5.96. The first-order valence-corrected chi connectivity index (χ1v) is 8.46. The van der Waals surface area contributed by atoms with E-state index in [1.165, 1.54) is 12.7 Å². The van der Waals surface area contributed by atoms with E-state index in [0.29, 0.717) is 30.5 Å². The van der Waals surface area contributed by atoms with E-state index in [1.54, 1.807) is 21.8 Å². The summed E-state index contributed by atoms with van der Waals surface area (Å²) in [6.45, 7) is 3.24. The lowest BCUT2D eigenvalue weighted by atomic mass is 10.1. The number of hydrogen-bond acceptors (Lipinski definition) is 7. The SMILES string of the molecule is Cc1cc(N)n(-c2cc(NCc3ccc(Cn4cncn4)cc3)ncn2)n1. The fourth-order valence-electron chi connectivity index (χ4n) is 2.72. The van der Waals surface area contributed by atoms with Crippen molar-refractivity contribution < 1.29 is 0 Å². The average Bonchev–Trinajstić information content (AvgIpc) is 3.30. The summed E-state index contributed by atoms with van der Waals surface area (Å²) in [5.74, 6) is 1.88. The highest BCUT2D eigenvalue weighted by atomic mass is 15.3. The van der Waals surface area contributed by atoms with Gasteiger partial charge < -0.3 is 11.1 Å². The molecule has 0 fully saturated rings. The van der Waals surface area contributed by atoms with E-state index < -0.39 is 0 Å². The first kappa shape index (κ1) is 16.7. The van der Waals surface area contributed by atoms with E-state index >= 15 is 0 Å². The number of anilines is 2. The third kappa shape index (κ3) is 3.92. The van der Waals surface area contributed by atoms with Gasteiger partial charge in [-0.15, -0.1) is 0 Å². The molecule has 0 radical (unpaired) electrons. The Labute approximate surface area is 155 Å². The monoisotopic (exact) mass is 361 g/mol. The Morgan fingerprint density at radius 1 is 1.04 bits per heavy atom. The van der Waals surface area contributed by atoms with Crippen molar-refractivity contribution in [3.05, 3.63) is 72.2 Å². The number of nitrogens with one attached hydrogen (secondary N) is 1. The molecule has 0 spiro atoms. The lowest BCUT2D eigenvalue weighted by Crippen LogP contribution is -2.07. The number of benzene rings is 1. The summed E-state index contributed by atoms with van der Waals surface area (Å²) in [5, 5.41) is 11.8. The van der Waals surface area contributed by atoms with Crippen molar-refractivity contribution in [2.75, 3.05) is 11.1 Å². The van der Waals surface area contributed by atoms with Gasteiger partial charge in [0, 0.05) is 18.7 Å². The van der Waals surface area contributed by atoms with Crippen LogP contribution in [0.3, 0.4) is 0 Å². The molecule has 3 aromatic heterocycles. The van der Waals surface area contributed by atoms with Crippen LogP contribution >= 0.6 is 0 Å². The molecule has 0 aliphatic carbocycles. The number of aryl methyl sites for hydroxylation is 1. The fraction of sp³-hybridized carbons (Fsp3) is 0.167. The van der Waals surface area contributed by atoms with Crippen molar-refractivity contribution in [2.45, 2.75) is 20.0 Å². The first-order chi connectivity index (χ1) is 13.2. The molecular weight excluding hydrogens is 342 g/mol. The predicted molar refractivity (Wildman–Crippen MR) is 101 cm³/mol. The maximum absolute atomic E-state index is 5.96. The second kappa shape index (κ2) is 7.24. The van der Waals surface area contributed by atoms with E-state index in [2.05, 4.69) is 54.7 Å². The van der Waals surface area contributed by atoms with E-state index in [1.807, 2.05) is 13.0 Å². The van der Waals surface area contributed by atoms with Gasteiger partial charge in [-0.1, -0.05) is 24.3 Å². The van der Waals surface area contributed by atoms with Gasteiger partial charge in [-0.25, -0.2) is 19.6 Å². The zero-order chi connectivity index (χ0) is 18.6. The summed E-state index contributed by atoms with van der Waals surface area (Å²) < 4.78 is 3.39. The Kier molecular flexibility index (Phi) is 4.48. The van der Waals surface area contributed by atoms with Crippen LogP contribution in [0.15, 0.2) is 55.4 Å². The fourth-order valence-corrected chi connectivity index (χ4v) is 2.72. The van der Waals surface area contributed by atoms with Crippen LogP contribution in [0.1, 0.15) is 16.8 Å². The molecule has 9 nitrogen and oxygen atoms in total. The average molecular weight is 361 g/mol. The molecule has 0 amide bonds. The van der Waals surface area contributed by atoms with Crippen molar-refractivity contribution in [1.82, 2.24) is 34.5 Å². The standard InChI is InChI=1S/C18H19N9/c1-13-6-16(19)27(25-13)18-7-17(22-11-23-18)21-8-14-2-4-15(5-3-14)9-26-12-20-10-24-26/h2-7,10-12H,8-9,19H2,1H3,(H,21,22,23). The quantitative estimate of drug-likeness (QED) is 0.538. The number of hydrogen-bond donors (Lipinski definition) is 2. The minimum absolute atomic E-state index is 0.542. The van der Waals surface area contributed by atoms with Gasteiger partial charge in [0.15, 0.2) is 5.82 Å². The molecule has 3 heterocycles. The molecule has 0 saturated carbocycles. The predicted octanol–water partition coefficient (Wildman–Crippen LogP) is 1.80. The molecule has 0 aliphatic rings. The lowest BCUT2D eigenvalue weighted by molar-refractivity contribution is 0.684. The first-order valence-electron chi connectivity index (χ1n) is 8.46. The zero-order valence-corrected chi connectivity index (χ0v) is 14.8. The Balaban J connectivity index is 1.41. The molecule has 0 bridgehead atoms. The third-order valence-electron chi connectivity index (χ3n) is 4.04. The van der Waals surface area contributed by atoms with Crippen LogP contribution in [-0.2, 0) is 13.1 Å². The second-order valence-electron chi connectivity index (χ2n) is 6.15. The van der Waals surface area contributed by atoms with Crippen molar-refractivity contribution in [1.29, 1.82) is 0 Å². The molecule has 0 unspecified atom stereocenters. The van der Waals surface area contributed by atoms with Crippen LogP contribution in [-0.4, -0.2) is 34.5 Å². The number of nitrogens with two attached hydrogens (primary N) is 1. The summed E-state index contributed by atoms with van der Waals surface area (Å²) in [6, 6.07) is 11.9. The summed E-state index contributed by atoms with van der Waals surface area (Å²) in [7, 11) is 0. The van der Waals surface area contributed by atoms with E-state index in [0.717, 1.165) is 16.8 Å². The summed E-state index contributed by atoms with van der Waals surface area (Å²) in [4.78, 5) is 12.5. The van der Waals surface area contributed by atoms with Gasteiger partial charge in [-0.3, -0.25) is 0 Å². The maximum Gasteiger partial charge on any atom is 0.161 e. The van der Waals surface area contributed by atoms with E-state index in [4.69, 9.17) is 5.73 Å². The minimum Gasteiger partial charge on any atom is -0.384 e. The van der Waals surface area contributed by atoms with Gasteiger partial charge >= 0.3 is 0 Å². The smallest absolute Gasteiger partial charge is 0.161 e. The normalized spacial score (nSPS) is 10.9. The number of nitrogens with zero attached hydrogens (tertiary/aromatic N) is 7. The van der Waals surface area contributed by atoms with Crippen molar-refractivity contribution in [3.8, 4) is 5.82 Å². The molecule has 4 aromatic rings. The molecular formula is C18H19N9. The van der Waals surface area contributed by atoms with Crippen LogP contribution in [0.4, 0.5) is 11.6 Å². The zero-order valence-electron chi connectivity index (χ0n) is 14.8. The molecule has 27 heavy (non-hydrogen) atoms. The molecule has 0 atom stereocenters. The van der Waals surface area contributed by atoms with Gasteiger partial charge in [-0.2, -0.15) is 14.9 Å². The van der Waals surface area contributed by atoms with Crippen molar-refractivity contribution in [2.24, 2.45) is 0 Å². The van der Waals surface area contributed by atoms with Crippen LogP contribution < -0.4 is 11.1 Å². The molecule has 0 aliphatic heterocycles. The van der Waals surface area contributed by atoms with Gasteiger partial charge in [0.25, 0.3) is 0 Å². The molecule has 4 rings (SSSR count). The Hall–Kier alpha value is -3.75. The largest absolute Gasteiger partial charge is 0.384 e. The van der Waals surface area contributed by atoms with Crippen molar-refractivity contribution >= 4 is 11.6 Å². The van der Waals surface area contributed by atoms with Crippen LogP contribution in [0.25, 0.3) is 5.82 Å². The van der Waals surface area contributed by atoms with E-state index in [9.17, 15) is 0 Å². The van der Waals surface area contributed by atoms with Crippen molar-refractivity contribution in [3.63, 3.8) is 0 Å². The molecule has 136 valence electrons. The van der Waals surface area contributed by atoms with Gasteiger partial charge in [0.2, 0.25) is 0 Å². The topological polar surface area (TPSA) is 112 Å². The Morgan fingerprint density at radius 2 is 1.85 bits per heavy atom. The summed E-state index contributed by atoms with van der Waals surface area (Å²) in [5.41, 5.74) is 9.11. The lowest BCUT2D eigenvalue weighted by Gasteiger charge is -2.09. The molecule has 0 saturated heterocycles. The third-order valence-corrected chi connectivity index (χ3v) is 4.04. The number of aromatic nitrogens is 7. The Morgan fingerprint density at radius 3 is 2.56 bits per heavy atom. The second-order valence-corrected chi connectivity index (χ2v) is 6.15. The van der Waals surface area contributed by atoms with Crippen LogP contribution in [0.2, 0.25) is 0 Å². The van der Waals surface area contributed by atoms with Crippen LogP contribution in [0.5, 0.6) is 0 Å². The van der Waals surface area contributed by atoms with Gasteiger partial charge in [0.1, 0.15) is 30.6 Å². The highest BCUT2D eigenvalue weighted by Crippen LogP contribution is 2.15. The van der Waals surface area contributed by atoms with Gasteiger partial charge in [-0.05, 0) is 18.1 Å². The summed E-state index contributed by atoms with van der Waals surface area (Å²) in [6.07, 6.45) is 4.73. The minimum atomic E-state index is 0.542. The summed E-state index contributed by atoms with van der Waals surface area (Å²) >= 11 is 0. The number of rotatable bonds is 6.